The first kappa shape index (κ1) is 12.1. The van der Waals surface area contributed by atoms with Crippen LogP contribution in [0, 0.1) is 11.8 Å². The lowest BCUT2D eigenvalue weighted by molar-refractivity contribution is -0.143. The number of hydrogen-bond acceptors (Lipinski definition) is 6. The molecule has 1 aliphatic heterocycles. The number of aliphatic hydroxyl groups is 3. The Balaban J connectivity index is 2.34. The van der Waals surface area contributed by atoms with Crippen LogP contribution in [0.1, 0.15) is 0 Å². The lowest BCUT2D eigenvalue weighted by Gasteiger charge is -2.32. The van der Waals surface area contributed by atoms with E-state index in [4.69, 9.17) is 9.84 Å². The Kier molecular flexibility index (Phi) is 3.19. The second-order valence-electron chi connectivity index (χ2n) is 4.03. The fourth-order valence-electron chi connectivity index (χ4n) is 2.38. The molecule has 1 heterocycles. The van der Waals surface area contributed by atoms with E-state index in [0.717, 1.165) is 6.26 Å². The van der Waals surface area contributed by atoms with Crippen LogP contribution in [0.2, 0.25) is 0 Å². The molecule has 2 aliphatic rings. The smallest absolute Gasteiger partial charge is 0.337 e. The lowest BCUT2D eigenvalue weighted by Crippen LogP contribution is -2.39. The zero-order valence-electron chi connectivity index (χ0n) is 9.24. The highest BCUT2D eigenvalue weighted by molar-refractivity contribution is 5.89. The van der Waals surface area contributed by atoms with Crippen molar-refractivity contribution >= 4 is 5.97 Å². The first-order chi connectivity index (χ1) is 8.10. The predicted octanol–water partition coefficient (Wildman–Crippen LogP) is -1.08. The maximum Gasteiger partial charge on any atom is 0.337 e. The van der Waals surface area contributed by atoms with Gasteiger partial charge in [0.15, 0.2) is 0 Å². The van der Waals surface area contributed by atoms with E-state index in [1.54, 1.807) is 0 Å². The van der Waals surface area contributed by atoms with Crippen molar-refractivity contribution in [1.82, 2.24) is 0 Å². The van der Waals surface area contributed by atoms with Crippen LogP contribution in [0.15, 0.2) is 23.5 Å². The van der Waals surface area contributed by atoms with Gasteiger partial charge in [0.1, 0.15) is 0 Å². The van der Waals surface area contributed by atoms with Gasteiger partial charge in [-0.3, -0.25) is 0 Å². The molecule has 0 saturated heterocycles. The number of esters is 1. The van der Waals surface area contributed by atoms with E-state index in [0.29, 0.717) is 5.57 Å². The Morgan fingerprint density at radius 3 is 2.76 bits per heavy atom. The largest absolute Gasteiger partial charge is 0.472 e. The molecule has 0 saturated carbocycles. The van der Waals surface area contributed by atoms with Crippen LogP contribution in [0.3, 0.4) is 0 Å². The number of carbonyl (C=O) groups is 1. The van der Waals surface area contributed by atoms with Gasteiger partial charge in [0.05, 0.1) is 37.6 Å². The minimum absolute atomic E-state index is 0.162. The van der Waals surface area contributed by atoms with Crippen LogP contribution in [0.4, 0.5) is 0 Å². The molecule has 2 rings (SSSR count). The predicted molar refractivity (Wildman–Crippen MR) is 55.3 cm³/mol. The fraction of sp³-hybridized carbons (Fsp3) is 0.545. The van der Waals surface area contributed by atoms with Crippen molar-refractivity contribution in [1.29, 1.82) is 0 Å². The molecule has 17 heavy (non-hydrogen) atoms. The van der Waals surface area contributed by atoms with Crippen LogP contribution >= 0.6 is 0 Å². The van der Waals surface area contributed by atoms with E-state index < -0.39 is 30.2 Å². The highest BCUT2D eigenvalue weighted by Gasteiger charge is 2.47. The van der Waals surface area contributed by atoms with Gasteiger partial charge in [-0.15, -0.1) is 0 Å². The molecular weight excluding hydrogens is 228 g/mol. The summed E-state index contributed by atoms with van der Waals surface area (Å²) in [6.45, 7) is -0.299. The first-order valence-electron chi connectivity index (χ1n) is 5.21. The molecule has 1 aliphatic carbocycles. The van der Waals surface area contributed by atoms with Crippen molar-refractivity contribution in [3.8, 4) is 0 Å². The monoisotopic (exact) mass is 242 g/mol. The van der Waals surface area contributed by atoms with Gasteiger partial charge in [0.25, 0.3) is 0 Å². The molecular formula is C11H14O6. The molecule has 0 aromatic rings. The number of rotatable bonds is 2. The summed E-state index contributed by atoms with van der Waals surface area (Å²) in [6.07, 6.45) is 0.425. The second-order valence-corrected chi connectivity index (χ2v) is 4.03. The van der Waals surface area contributed by atoms with Crippen molar-refractivity contribution in [3.63, 3.8) is 0 Å². The van der Waals surface area contributed by atoms with Gasteiger partial charge in [0, 0.05) is 5.92 Å². The van der Waals surface area contributed by atoms with E-state index in [2.05, 4.69) is 4.74 Å². The van der Waals surface area contributed by atoms with E-state index in [-0.39, 0.29) is 12.2 Å². The number of carbonyl (C=O) groups excluding carboxylic acids is 1. The highest BCUT2D eigenvalue weighted by Crippen LogP contribution is 2.42. The van der Waals surface area contributed by atoms with Crippen LogP contribution < -0.4 is 0 Å². The number of fused-ring (bicyclic) bond motifs is 1. The zero-order chi connectivity index (χ0) is 12.6. The Labute approximate surface area is 97.8 Å². The molecule has 0 aromatic heterocycles. The zero-order valence-corrected chi connectivity index (χ0v) is 9.24. The van der Waals surface area contributed by atoms with Crippen molar-refractivity contribution in [2.45, 2.75) is 12.4 Å². The Hall–Kier alpha value is -1.37. The number of hydrogen-bond donors (Lipinski definition) is 3. The fourth-order valence-corrected chi connectivity index (χ4v) is 2.38. The summed E-state index contributed by atoms with van der Waals surface area (Å²) >= 11 is 0. The summed E-state index contributed by atoms with van der Waals surface area (Å²) in [5, 5.41) is 28.7. The van der Waals surface area contributed by atoms with Crippen molar-refractivity contribution in [2.75, 3.05) is 13.7 Å². The summed E-state index contributed by atoms with van der Waals surface area (Å²) in [7, 11) is 1.23. The molecule has 6 nitrogen and oxygen atoms in total. The standard InChI is InChI=1S/C11H14O6/c1-16-10(14)6-4-17-11(15)8-5(3-12)2-7(13)9(6)8/h2,4,7-9,11-13,15H,3H2,1H3/t7-,8+,9-,11-/m0/s1. The normalized spacial score (nSPS) is 35.5. The van der Waals surface area contributed by atoms with Gasteiger partial charge in [-0.25, -0.2) is 4.79 Å². The summed E-state index contributed by atoms with van der Waals surface area (Å²) in [4.78, 5) is 11.5. The van der Waals surface area contributed by atoms with E-state index in [9.17, 15) is 15.0 Å². The van der Waals surface area contributed by atoms with Crippen molar-refractivity contribution in [2.24, 2.45) is 11.8 Å². The lowest BCUT2D eigenvalue weighted by atomic mass is 9.82. The van der Waals surface area contributed by atoms with Gasteiger partial charge >= 0.3 is 5.97 Å². The Bertz CT molecular complexity index is 385. The molecule has 0 unspecified atom stereocenters. The third-order valence-electron chi connectivity index (χ3n) is 3.17. The maximum absolute atomic E-state index is 11.5. The van der Waals surface area contributed by atoms with Crippen molar-refractivity contribution in [3.05, 3.63) is 23.5 Å². The second kappa shape index (κ2) is 4.48. The van der Waals surface area contributed by atoms with Crippen molar-refractivity contribution < 1.29 is 29.6 Å². The number of methoxy groups -OCH3 is 1. The minimum Gasteiger partial charge on any atom is -0.472 e. The molecule has 0 fully saturated rings. The Morgan fingerprint density at radius 1 is 1.47 bits per heavy atom. The first-order valence-corrected chi connectivity index (χ1v) is 5.21. The van der Waals surface area contributed by atoms with Crippen LogP contribution in [0.25, 0.3) is 0 Å². The van der Waals surface area contributed by atoms with Gasteiger partial charge < -0.3 is 24.8 Å². The van der Waals surface area contributed by atoms with Crippen LogP contribution in [0.5, 0.6) is 0 Å². The Morgan fingerprint density at radius 2 is 2.18 bits per heavy atom. The third kappa shape index (κ3) is 1.84. The topological polar surface area (TPSA) is 96.2 Å². The molecule has 0 spiro atoms. The summed E-state index contributed by atoms with van der Waals surface area (Å²) in [5.41, 5.74) is 0.625. The quantitative estimate of drug-likeness (QED) is 0.421. The molecule has 0 bridgehead atoms. The molecule has 6 heteroatoms. The third-order valence-corrected chi connectivity index (χ3v) is 3.17. The molecule has 0 amide bonds. The van der Waals surface area contributed by atoms with Gasteiger partial charge in [-0.2, -0.15) is 0 Å². The number of ether oxygens (including phenoxy) is 2. The molecule has 0 radical (unpaired) electrons. The average molecular weight is 242 g/mol. The maximum atomic E-state index is 11.5. The average Bonchev–Trinajstić information content (AvgIpc) is 2.67. The van der Waals surface area contributed by atoms with Gasteiger partial charge in [-0.1, -0.05) is 6.08 Å². The van der Waals surface area contributed by atoms with E-state index >= 15 is 0 Å². The SMILES string of the molecule is COC(=O)C1=CO[C@H](O)[C@@H]2C(CO)=C[C@H](O)[C@H]12. The van der Waals surface area contributed by atoms with Gasteiger partial charge in [0.2, 0.25) is 6.29 Å². The van der Waals surface area contributed by atoms with E-state index in [1.807, 2.05) is 0 Å². The highest BCUT2D eigenvalue weighted by atomic mass is 16.6. The van der Waals surface area contributed by atoms with Gasteiger partial charge in [-0.05, 0) is 5.57 Å². The summed E-state index contributed by atoms with van der Waals surface area (Å²) in [6, 6.07) is 0. The minimum atomic E-state index is -1.18. The van der Waals surface area contributed by atoms with E-state index in [1.165, 1.54) is 13.2 Å². The molecule has 94 valence electrons. The summed E-state index contributed by atoms with van der Waals surface area (Å²) in [5.74, 6) is -1.86. The number of aliphatic hydroxyl groups excluding tert-OH is 3. The van der Waals surface area contributed by atoms with Crippen LogP contribution in [-0.4, -0.2) is 47.4 Å². The summed E-state index contributed by atoms with van der Waals surface area (Å²) < 4.78 is 9.52. The molecule has 0 aromatic carbocycles. The molecule has 4 atom stereocenters. The van der Waals surface area contributed by atoms with Crippen LogP contribution in [-0.2, 0) is 14.3 Å². The molecule has 3 N–H and O–H groups in total.